The van der Waals surface area contributed by atoms with E-state index < -0.39 is 18.1 Å². The Bertz CT molecular complexity index is 446. The molecule has 112 valence electrons. The van der Waals surface area contributed by atoms with Crippen LogP contribution in [0.15, 0.2) is 12.4 Å². The molecule has 1 saturated heterocycles. The van der Waals surface area contributed by atoms with Crippen molar-refractivity contribution in [3.8, 4) is 0 Å². The molecule has 0 aromatic carbocycles. The van der Waals surface area contributed by atoms with E-state index in [1.807, 2.05) is 0 Å². The molecule has 2 N–H and O–H groups in total. The van der Waals surface area contributed by atoms with Gasteiger partial charge in [-0.1, -0.05) is 0 Å². The summed E-state index contributed by atoms with van der Waals surface area (Å²) in [5, 5.41) is 3.13. The van der Waals surface area contributed by atoms with E-state index in [4.69, 9.17) is 0 Å². The first-order chi connectivity index (χ1) is 9.38. The zero-order valence-electron chi connectivity index (χ0n) is 11.1. The maximum absolute atomic E-state index is 12.9. The predicted molar refractivity (Wildman–Crippen MR) is 65.7 cm³/mol. The summed E-state index contributed by atoms with van der Waals surface area (Å²) in [4.78, 5) is 19.3. The third-order valence-electron chi connectivity index (χ3n) is 3.48. The number of aromatic amines is 1. The van der Waals surface area contributed by atoms with E-state index in [2.05, 4.69) is 15.3 Å². The Hall–Kier alpha value is -1.57. The molecule has 0 radical (unpaired) electrons. The summed E-state index contributed by atoms with van der Waals surface area (Å²) >= 11 is 0. The smallest absolute Gasteiger partial charge is 0.348 e. The van der Waals surface area contributed by atoms with E-state index in [1.54, 1.807) is 12.4 Å². The van der Waals surface area contributed by atoms with Gasteiger partial charge in [-0.25, -0.2) is 4.98 Å². The van der Waals surface area contributed by atoms with Crippen LogP contribution in [0.2, 0.25) is 0 Å². The van der Waals surface area contributed by atoms with Gasteiger partial charge in [0.25, 0.3) is 0 Å². The molecule has 1 aliphatic rings. The Morgan fingerprint density at radius 2 is 2.30 bits per heavy atom. The standard InChI is InChI=1S/C12H17F3N4O/c1-8(20)19-7-9(2-3-10(19)12(13,14)15)18-6-11-16-4-5-17-11/h4-5,9-10,18H,2-3,6-7H2,1H3,(H,16,17). The van der Waals surface area contributed by atoms with Crippen LogP contribution in [0.4, 0.5) is 13.2 Å². The van der Waals surface area contributed by atoms with Crippen LogP contribution >= 0.6 is 0 Å². The molecule has 0 spiro atoms. The van der Waals surface area contributed by atoms with Gasteiger partial charge in [0.2, 0.25) is 5.91 Å². The second-order valence-electron chi connectivity index (χ2n) is 4.92. The number of imidazole rings is 1. The van der Waals surface area contributed by atoms with Gasteiger partial charge in [-0.3, -0.25) is 4.79 Å². The topological polar surface area (TPSA) is 61.0 Å². The summed E-state index contributed by atoms with van der Waals surface area (Å²) in [6.07, 6.45) is -0.760. The highest BCUT2D eigenvalue weighted by molar-refractivity contribution is 5.73. The highest BCUT2D eigenvalue weighted by atomic mass is 19.4. The fraction of sp³-hybridized carbons (Fsp3) is 0.667. The minimum Gasteiger partial charge on any atom is -0.348 e. The number of rotatable bonds is 3. The first-order valence-electron chi connectivity index (χ1n) is 6.43. The SMILES string of the molecule is CC(=O)N1CC(NCc2ncc[nH]2)CCC1C(F)(F)F. The number of aromatic nitrogens is 2. The molecular formula is C12H17F3N4O. The third-order valence-corrected chi connectivity index (χ3v) is 3.48. The first-order valence-corrected chi connectivity index (χ1v) is 6.43. The number of hydrogen-bond donors (Lipinski definition) is 2. The maximum Gasteiger partial charge on any atom is 0.408 e. The van der Waals surface area contributed by atoms with Crippen molar-refractivity contribution in [2.24, 2.45) is 0 Å². The Labute approximate surface area is 114 Å². The van der Waals surface area contributed by atoms with Crippen molar-refractivity contribution >= 4 is 5.91 Å². The molecule has 2 rings (SSSR count). The number of carbonyl (C=O) groups excluding carboxylic acids is 1. The molecule has 5 nitrogen and oxygen atoms in total. The second kappa shape index (κ2) is 5.82. The van der Waals surface area contributed by atoms with Crippen molar-refractivity contribution in [3.63, 3.8) is 0 Å². The van der Waals surface area contributed by atoms with Gasteiger partial charge in [0.1, 0.15) is 11.9 Å². The minimum absolute atomic E-state index is 0.0697. The molecule has 1 amide bonds. The number of likely N-dealkylation sites (tertiary alicyclic amines) is 1. The quantitative estimate of drug-likeness (QED) is 0.885. The number of H-pyrrole nitrogens is 1. The normalized spacial score (nSPS) is 23.9. The van der Waals surface area contributed by atoms with Crippen molar-refractivity contribution in [2.45, 2.75) is 44.6 Å². The molecule has 1 aromatic rings. The van der Waals surface area contributed by atoms with Crippen molar-refractivity contribution in [3.05, 3.63) is 18.2 Å². The number of halogens is 3. The van der Waals surface area contributed by atoms with Crippen molar-refractivity contribution in [2.75, 3.05) is 6.54 Å². The molecule has 0 saturated carbocycles. The lowest BCUT2D eigenvalue weighted by atomic mass is 9.97. The lowest BCUT2D eigenvalue weighted by Crippen LogP contribution is -2.57. The first kappa shape index (κ1) is 14.8. The number of nitrogens with one attached hydrogen (secondary N) is 2. The summed E-state index contributed by atoms with van der Waals surface area (Å²) in [5.41, 5.74) is 0. The zero-order chi connectivity index (χ0) is 14.8. The highest BCUT2D eigenvalue weighted by Gasteiger charge is 2.47. The molecule has 1 aromatic heterocycles. The molecule has 8 heteroatoms. The van der Waals surface area contributed by atoms with Gasteiger partial charge >= 0.3 is 6.18 Å². The van der Waals surface area contributed by atoms with Crippen molar-refractivity contribution in [1.29, 1.82) is 0 Å². The van der Waals surface area contributed by atoms with Gasteiger partial charge in [0.05, 0.1) is 6.54 Å². The Kier molecular flexibility index (Phi) is 4.32. The molecule has 1 fully saturated rings. The average Bonchev–Trinajstić information content (AvgIpc) is 2.88. The largest absolute Gasteiger partial charge is 0.408 e. The molecule has 2 heterocycles. The highest BCUT2D eigenvalue weighted by Crippen LogP contribution is 2.32. The molecule has 0 aliphatic carbocycles. The summed E-state index contributed by atoms with van der Waals surface area (Å²) in [7, 11) is 0. The molecule has 0 bridgehead atoms. The number of hydrogen-bond acceptors (Lipinski definition) is 3. The summed E-state index contributed by atoms with van der Waals surface area (Å²) in [6, 6.07) is -1.82. The molecule has 1 aliphatic heterocycles. The summed E-state index contributed by atoms with van der Waals surface area (Å²) in [6.45, 7) is 1.69. The van der Waals surface area contributed by atoms with Crippen LogP contribution in [0.25, 0.3) is 0 Å². The summed E-state index contributed by atoms with van der Waals surface area (Å²) < 4.78 is 38.6. The number of alkyl halides is 3. The van der Waals surface area contributed by atoms with Crippen LogP contribution < -0.4 is 5.32 Å². The summed E-state index contributed by atoms with van der Waals surface area (Å²) in [5.74, 6) is 0.175. The molecule has 2 atom stereocenters. The minimum atomic E-state index is -4.36. The van der Waals surface area contributed by atoms with E-state index >= 15 is 0 Å². The third kappa shape index (κ3) is 3.50. The van der Waals surface area contributed by atoms with E-state index in [0.29, 0.717) is 13.0 Å². The van der Waals surface area contributed by atoms with E-state index in [1.165, 1.54) is 6.92 Å². The van der Waals surface area contributed by atoms with Crippen LogP contribution in [0, 0.1) is 0 Å². The lowest BCUT2D eigenvalue weighted by molar-refractivity contribution is -0.196. The fourth-order valence-corrected chi connectivity index (χ4v) is 2.46. The van der Waals surface area contributed by atoms with Gasteiger partial charge in [-0.05, 0) is 12.8 Å². The van der Waals surface area contributed by atoms with Gasteiger partial charge in [0.15, 0.2) is 0 Å². The molecule has 2 unspecified atom stereocenters. The fourth-order valence-electron chi connectivity index (χ4n) is 2.46. The van der Waals surface area contributed by atoms with Gasteiger partial charge in [0, 0.05) is 31.9 Å². The van der Waals surface area contributed by atoms with Crippen molar-refractivity contribution in [1.82, 2.24) is 20.2 Å². The Morgan fingerprint density at radius 1 is 1.55 bits per heavy atom. The van der Waals surface area contributed by atoms with Gasteiger partial charge in [-0.2, -0.15) is 13.2 Å². The van der Waals surface area contributed by atoms with Crippen LogP contribution in [0.1, 0.15) is 25.6 Å². The van der Waals surface area contributed by atoms with Gasteiger partial charge in [-0.15, -0.1) is 0 Å². The second-order valence-corrected chi connectivity index (χ2v) is 4.92. The average molecular weight is 290 g/mol. The zero-order valence-corrected chi connectivity index (χ0v) is 11.1. The van der Waals surface area contributed by atoms with Crippen LogP contribution in [0.3, 0.4) is 0 Å². The number of amides is 1. The van der Waals surface area contributed by atoms with Crippen LogP contribution in [0.5, 0.6) is 0 Å². The Morgan fingerprint density at radius 3 is 2.85 bits per heavy atom. The number of carbonyl (C=O) groups is 1. The maximum atomic E-state index is 12.9. The molecule has 20 heavy (non-hydrogen) atoms. The van der Waals surface area contributed by atoms with Crippen molar-refractivity contribution < 1.29 is 18.0 Å². The lowest BCUT2D eigenvalue weighted by Gasteiger charge is -2.40. The van der Waals surface area contributed by atoms with E-state index in [9.17, 15) is 18.0 Å². The van der Waals surface area contributed by atoms with Crippen LogP contribution in [-0.4, -0.2) is 45.6 Å². The van der Waals surface area contributed by atoms with E-state index in [-0.39, 0.29) is 19.0 Å². The number of piperidine rings is 1. The Balaban J connectivity index is 1.94. The predicted octanol–water partition coefficient (Wildman–Crippen LogP) is 1.44. The monoisotopic (exact) mass is 290 g/mol. The van der Waals surface area contributed by atoms with Crippen LogP contribution in [-0.2, 0) is 11.3 Å². The number of nitrogens with zero attached hydrogens (tertiary/aromatic N) is 2. The van der Waals surface area contributed by atoms with E-state index in [0.717, 1.165) is 10.7 Å². The molecular weight excluding hydrogens is 273 g/mol. The van der Waals surface area contributed by atoms with Gasteiger partial charge < -0.3 is 15.2 Å².